The first-order valence-corrected chi connectivity index (χ1v) is 9.07. The number of nitro groups is 1. The number of carbonyl (C=O) groups is 1. The van der Waals surface area contributed by atoms with Crippen LogP contribution in [0.5, 0.6) is 11.5 Å². The highest BCUT2D eigenvalue weighted by atomic mass is 35.5. The Balaban J connectivity index is 1.52. The first kappa shape index (κ1) is 18.7. The van der Waals surface area contributed by atoms with Crippen molar-refractivity contribution in [2.45, 2.75) is 6.61 Å². The third-order valence-corrected chi connectivity index (χ3v) is 4.55. The number of fused-ring (bicyclic) bond motifs is 1. The molecular weight excluding hydrogens is 394 g/mol. The van der Waals surface area contributed by atoms with Crippen LogP contribution in [-0.2, 0) is 6.61 Å². The molecular formula is C22H14ClNO5. The molecule has 0 saturated heterocycles. The van der Waals surface area contributed by atoms with Gasteiger partial charge in [-0.05, 0) is 41.5 Å². The number of nitro benzene ring substituents is 1. The van der Waals surface area contributed by atoms with E-state index in [1.807, 2.05) is 18.2 Å². The molecule has 1 heterocycles. The van der Waals surface area contributed by atoms with Crippen LogP contribution >= 0.6 is 11.6 Å². The fraction of sp³-hybridized carbons (Fsp3) is 0.0455. The second kappa shape index (κ2) is 7.77. The molecule has 0 atom stereocenters. The van der Waals surface area contributed by atoms with E-state index in [0.29, 0.717) is 34.3 Å². The van der Waals surface area contributed by atoms with Crippen molar-refractivity contribution in [1.29, 1.82) is 0 Å². The van der Waals surface area contributed by atoms with Gasteiger partial charge in [0.05, 0.1) is 10.5 Å². The van der Waals surface area contributed by atoms with Gasteiger partial charge >= 0.3 is 0 Å². The van der Waals surface area contributed by atoms with E-state index in [1.54, 1.807) is 36.4 Å². The van der Waals surface area contributed by atoms with Gasteiger partial charge in [-0.25, -0.2) is 0 Å². The molecule has 0 unspecified atom stereocenters. The van der Waals surface area contributed by atoms with Gasteiger partial charge < -0.3 is 9.47 Å². The van der Waals surface area contributed by atoms with Gasteiger partial charge in [-0.15, -0.1) is 0 Å². The van der Waals surface area contributed by atoms with E-state index in [1.165, 1.54) is 18.2 Å². The molecule has 7 heteroatoms. The molecule has 3 aromatic carbocycles. The average molecular weight is 408 g/mol. The van der Waals surface area contributed by atoms with E-state index in [4.69, 9.17) is 21.1 Å². The van der Waals surface area contributed by atoms with Crippen LogP contribution in [-0.4, -0.2) is 10.7 Å². The van der Waals surface area contributed by atoms with Gasteiger partial charge in [0, 0.05) is 23.2 Å². The molecule has 0 aromatic heterocycles. The summed E-state index contributed by atoms with van der Waals surface area (Å²) in [5, 5.41) is 11.5. The van der Waals surface area contributed by atoms with Crippen molar-refractivity contribution in [3.05, 3.63) is 104 Å². The van der Waals surface area contributed by atoms with Crippen molar-refractivity contribution in [3.63, 3.8) is 0 Å². The smallest absolute Gasteiger partial charge is 0.270 e. The Labute approximate surface area is 171 Å². The largest absolute Gasteiger partial charge is 0.489 e. The summed E-state index contributed by atoms with van der Waals surface area (Å²) in [6, 6.07) is 18.3. The molecule has 4 rings (SSSR count). The fourth-order valence-corrected chi connectivity index (χ4v) is 3.14. The van der Waals surface area contributed by atoms with Crippen LogP contribution in [0.2, 0.25) is 5.02 Å². The number of halogens is 1. The molecule has 1 aliphatic heterocycles. The zero-order valence-corrected chi connectivity index (χ0v) is 15.8. The molecule has 1 aliphatic rings. The van der Waals surface area contributed by atoms with E-state index in [9.17, 15) is 14.9 Å². The molecule has 0 fully saturated rings. The lowest BCUT2D eigenvalue weighted by Gasteiger charge is -2.07. The number of hydrogen-bond acceptors (Lipinski definition) is 5. The highest BCUT2D eigenvalue weighted by Gasteiger charge is 2.27. The minimum atomic E-state index is -0.488. The van der Waals surface area contributed by atoms with Gasteiger partial charge in [0.2, 0.25) is 5.78 Å². The predicted octanol–water partition coefficient (Wildman–Crippen LogP) is 5.44. The SMILES string of the molecule is O=C1C(=Cc2cccc([N+](=O)[O-])c2)Oc2cc(OCc3cccc(Cl)c3)ccc21. The number of hydrogen-bond donors (Lipinski definition) is 0. The minimum Gasteiger partial charge on any atom is -0.489 e. The van der Waals surface area contributed by atoms with Gasteiger partial charge in [-0.3, -0.25) is 14.9 Å². The molecule has 0 aliphatic carbocycles. The number of rotatable bonds is 5. The Morgan fingerprint density at radius 1 is 1.07 bits per heavy atom. The van der Waals surface area contributed by atoms with Gasteiger partial charge in [-0.1, -0.05) is 35.9 Å². The van der Waals surface area contributed by atoms with Crippen LogP contribution in [0.1, 0.15) is 21.5 Å². The minimum absolute atomic E-state index is 0.0565. The zero-order valence-electron chi connectivity index (χ0n) is 15.0. The quantitative estimate of drug-likeness (QED) is 0.319. The lowest BCUT2D eigenvalue weighted by atomic mass is 10.1. The van der Waals surface area contributed by atoms with E-state index in [-0.39, 0.29) is 17.2 Å². The molecule has 0 radical (unpaired) electrons. The maximum absolute atomic E-state index is 12.6. The number of non-ortho nitro benzene ring substituents is 1. The highest BCUT2D eigenvalue weighted by molar-refractivity contribution is 6.30. The monoisotopic (exact) mass is 407 g/mol. The van der Waals surface area contributed by atoms with Crippen molar-refractivity contribution < 1.29 is 19.2 Å². The average Bonchev–Trinajstić information content (AvgIpc) is 3.01. The second-order valence-corrected chi connectivity index (χ2v) is 6.80. The number of carbonyl (C=O) groups excluding carboxylic acids is 1. The topological polar surface area (TPSA) is 78.7 Å². The van der Waals surface area contributed by atoms with E-state index < -0.39 is 4.92 Å². The number of benzene rings is 3. The van der Waals surface area contributed by atoms with Gasteiger partial charge in [0.25, 0.3) is 5.69 Å². The number of Topliss-reactive ketones (excluding diaryl/α,β-unsaturated/α-hetero) is 1. The summed E-state index contributed by atoms with van der Waals surface area (Å²) >= 11 is 5.97. The van der Waals surface area contributed by atoms with Gasteiger partial charge in [0.15, 0.2) is 5.76 Å². The van der Waals surface area contributed by atoms with E-state index in [2.05, 4.69) is 0 Å². The summed E-state index contributed by atoms with van der Waals surface area (Å²) in [5.41, 5.74) is 1.78. The normalized spacial score (nSPS) is 13.8. The van der Waals surface area contributed by atoms with Crippen LogP contribution in [0.25, 0.3) is 6.08 Å². The maximum Gasteiger partial charge on any atom is 0.270 e. The van der Waals surface area contributed by atoms with Crippen molar-refractivity contribution in [1.82, 2.24) is 0 Å². The van der Waals surface area contributed by atoms with E-state index in [0.717, 1.165) is 5.56 Å². The highest BCUT2D eigenvalue weighted by Crippen LogP contribution is 2.35. The van der Waals surface area contributed by atoms with Crippen LogP contribution in [0, 0.1) is 10.1 Å². The lowest BCUT2D eigenvalue weighted by Crippen LogP contribution is -1.98. The molecule has 0 saturated carbocycles. The summed E-state index contributed by atoms with van der Waals surface area (Å²) in [6.45, 7) is 0.323. The zero-order chi connectivity index (χ0) is 20.4. The van der Waals surface area contributed by atoms with Crippen LogP contribution in [0.15, 0.2) is 72.5 Å². The summed E-state index contributed by atoms with van der Waals surface area (Å²) in [4.78, 5) is 23.0. The third-order valence-electron chi connectivity index (χ3n) is 4.31. The molecule has 0 spiro atoms. The Morgan fingerprint density at radius 3 is 2.69 bits per heavy atom. The Morgan fingerprint density at radius 2 is 1.90 bits per heavy atom. The number of ketones is 1. The molecule has 0 amide bonds. The lowest BCUT2D eigenvalue weighted by molar-refractivity contribution is -0.384. The summed E-state index contributed by atoms with van der Waals surface area (Å²) in [6.07, 6.45) is 1.49. The molecule has 144 valence electrons. The Hall–Kier alpha value is -3.64. The van der Waals surface area contributed by atoms with Crippen molar-refractivity contribution >= 4 is 29.1 Å². The molecule has 3 aromatic rings. The number of ether oxygens (including phenoxy) is 2. The van der Waals surface area contributed by atoms with Crippen LogP contribution in [0.4, 0.5) is 5.69 Å². The first-order valence-electron chi connectivity index (χ1n) is 8.69. The standard InChI is InChI=1S/C22H14ClNO5/c23-16-5-1-4-15(9-16)13-28-18-7-8-19-20(12-18)29-21(22(19)25)11-14-3-2-6-17(10-14)24(26)27/h1-12H,13H2. The van der Waals surface area contributed by atoms with Crippen molar-refractivity contribution in [2.24, 2.45) is 0 Å². The summed E-state index contributed by atoms with van der Waals surface area (Å²) < 4.78 is 11.4. The molecule has 6 nitrogen and oxygen atoms in total. The first-order chi connectivity index (χ1) is 14.0. The van der Waals surface area contributed by atoms with Crippen LogP contribution in [0.3, 0.4) is 0 Å². The third kappa shape index (κ3) is 4.12. The molecule has 0 N–H and O–H groups in total. The molecule has 29 heavy (non-hydrogen) atoms. The van der Waals surface area contributed by atoms with Crippen molar-refractivity contribution in [2.75, 3.05) is 0 Å². The Bertz CT molecular complexity index is 1160. The molecule has 0 bridgehead atoms. The maximum atomic E-state index is 12.6. The van der Waals surface area contributed by atoms with E-state index >= 15 is 0 Å². The second-order valence-electron chi connectivity index (χ2n) is 6.37. The summed E-state index contributed by atoms with van der Waals surface area (Å²) in [7, 11) is 0. The summed E-state index contributed by atoms with van der Waals surface area (Å²) in [5.74, 6) is 0.754. The van der Waals surface area contributed by atoms with Gasteiger partial charge in [0.1, 0.15) is 18.1 Å². The van der Waals surface area contributed by atoms with Crippen LogP contribution < -0.4 is 9.47 Å². The van der Waals surface area contributed by atoms with Gasteiger partial charge in [-0.2, -0.15) is 0 Å². The fourth-order valence-electron chi connectivity index (χ4n) is 2.93. The number of nitrogens with zero attached hydrogens (tertiary/aromatic N) is 1. The Kier molecular flexibility index (Phi) is 5.01. The van der Waals surface area contributed by atoms with Crippen molar-refractivity contribution in [3.8, 4) is 11.5 Å². The number of allylic oxidation sites excluding steroid dienone is 1. The predicted molar refractivity (Wildman–Crippen MR) is 108 cm³/mol.